The third kappa shape index (κ3) is 2.99. The summed E-state index contributed by atoms with van der Waals surface area (Å²) >= 11 is 5.74. The highest BCUT2D eigenvalue weighted by molar-refractivity contribution is 6.31. The SMILES string of the molecule is CC(C)N1C(=O)C(C)(C(=O)Nc2ccc(F)c(Cl)c2)Oc2cccnc21. The van der Waals surface area contributed by atoms with Crippen molar-refractivity contribution >= 4 is 34.9 Å². The van der Waals surface area contributed by atoms with Gasteiger partial charge in [0.05, 0.1) is 5.02 Å². The van der Waals surface area contributed by atoms with Crippen LogP contribution in [0.3, 0.4) is 0 Å². The van der Waals surface area contributed by atoms with Crippen LogP contribution in [0.4, 0.5) is 15.9 Å². The summed E-state index contributed by atoms with van der Waals surface area (Å²) in [6.45, 7) is 5.03. The zero-order chi connectivity index (χ0) is 19.1. The van der Waals surface area contributed by atoms with Gasteiger partial charge in [-0.25, -0.2) is 9.37 Å². The molecule has 1 aliphatic heterocycles. The fourth-order valence-corrected chi connectivity index (χ4v) is 2.86. The van der Waals surface area contributed by atoms with Crippen LogP contribution in [0.1, 0.15) is 20.8 Å². The topological polar surface area (TPSA) is 71.5 Å². The lowest BCUT2D eigenvalue weighted by molar-refractivity contribution is -0.145. The Kier molecular flexibility index (Phi) is 4.58. The largest absolute Gasteiger partial charge is 0.464 e. The van der Waals surface area contributed by atoms with Crippen LogP contribution in [0, 0.1) is 5.82 Å². The number of carbonyl (C=O) groups is 2. The Balaban J connectivity index is 1.96. The molecule has 2 aromatic rings. The average molecular weight is 378 g/mol. The van der Waals surface area contributed by atoms with Crippen molar-refractivity contribution in [3.8, 4) is 5.75 Å². The van der Waals surface area contributed by atoms with Crippen LogP contribution in [0.5, 0.6) is 5.75 Å². The number of carbonyl (C=O) groups excluding carboxylic acids is 2. The number of hydrogen-bond donors (Lipinski definition) is 1. The molecule has 8 heteroatoms. The summed E-state index contributed by atoms with van der Waals surface area (Å²) in [5.41, 5.74) is -1.55. The molecule has 1 unspecified atom stereocenters. The normalized spacial score (nSPS) is 19.2. The van der Waals surface area contributed by atoms with Gasteiger partial charge in [0.25, 0.3) is 17.4 Å². The molecule has 2 amide bonds. The number of benzene rings is 1. The van der Waals surface area contributed by atoms with E-state index in [0.29, 0.717) is 11.6 Å². The first kappa shape index (κ1) is 18.1. The zero-order valence-corrected chi connectivity index (χ0v) is 15.2. The highest BCUT2D eigenvalue weighted by Gasteiger charge is 2.51. The number of halogens is 2. The zero-order valence-electron chi connectivity index (χ0n) is 14.4. The lowest BCUT2D eigenvalue weighted by Crippen LogP contribution is -2.62. The Morgan fingerprint density at radius 2 is 2.12 bits per heavy atom. The lowest BCUT2D eigenvalue weighted by atomic mass is 9.99. The van der Waals surface area contributed by atoms with Crippen molar-refractivity contribution in [2.75, 3.05) is 10.2 Å². The van der Waals surface area contributed by atoms with Crippen LogP contribution in [0.25, 0.3) is 0 Å². The Labute approximate surface area is 154 Å². The van der Waals surface area contributed by atoms with Crippen molar-refractivity contribution in [1.29, 1.82) is 0 Å². The van der Waals surface area contributed by atoms with Crippen LogP contribution in [0.2, 0.25) is 5.02 Å². The Morgan fingerprint density at radius 1 is 1.38 bits per heavy atom. The van der Waals surface area contributed by atoms with E-state index in [0.717, 1.165) is 6.07 Å². The van der Waals surface area contributed by atoms with Gasteiger partial charge in [0.15, 0.2) is 11.6 Å². The van der Waals surface area contributed by atoms with Crippen LogP contribution in [0.15, 0.2) is 36.5 Å². The molecule has 3 rings (SSSR count). The summed E-state index contributed by atoms with van der Waals surface area (Å²) in [6.07, 6.45) is 1.55. The van der Waals surface area contributed by atoms with E-state index >= 15 is 0 Å². The molecule has 1 N–H and O–H groups in total. The van der Waals surface area contributed by atoms with E-state index in [-0.39, 0.29) is 16.8 Å². The monoisotopic (exact) mass is 377 g/mol. The molecule has 1 aromatic carbocycles. The standard InChI is InChI=1S/C18H17ClFN3O3/c1-10(2)23-15-14(5-4-8-21-15)26-18(3,17(23)25)16(24)22-11-6-7-13(20)12(19)9-11/h4-10H,1-3H3,(H,22,24). The average Bonchev–Trinajstić information content (AvgIpc) is 2.58. The number of fused-ring (bicyclic) bond motifs is 1. The third-order valence-corrected chi connectivity index (χ3v) is 4.34. The van der Waals surface area contributed by atoms with E-state index in [1.165, 1.54) is 24.0 Å². The molecule has 0 aliphatic carbocycles. The first-order valence-electron chi connectivity index (χ1n) is 7.98. The van der Waals surface area contributed by atoms with E-state index in [2.05, 4.69) is 10.3 Å². The predicted octanol–water partition coefficient (Wildman–Crippen LogP) is 3.41. The summed E-state index contributed by atoms with van der Waals surface area (Å²) in [7, 11) is 0. The summed E-state index contributed by atoms with van der Waals surface area (Å²) in [5.74, 6) is -1.14. The van der Waals surface area contributed by atoms with Crippen molar-refractivity contribution in [2.24, 2.45) is 0 Å². The molecular formula is C18H17ClFN3O3. The van der Waals surface area contributed by atoms with Crippen LogP contribution < -0.4 is 15.0 Å². The second kappa shape index (κ2) is 6.57. The van der Waals surface area contributed by atoms with Gasteiger partial charge in [-0.2, -0.15) is 0 Å². The van der Waals surface area contributed by atoms with Crippen molar-refractivity contribution in [3.63, 3.8) is 0 Å². The molecule has 0 saturated heterocycles. The molecule has 1 aliphatic rings. The van der Waals surface area contributed by atoms with Gasteiger partial charge in [0, 0.05) is 17.9 Å². The van der Waals surface area contributed by atoms with E-state index in [9.17, 15) is 14.0 Å². The van der Waals surface area contributed by atoms with Crippen molar-refractivity contribution in [1.82, 2.24) is 4.98 Å². The maximum Gasteiger partial charge on any atom is 0.282 e. The van der Waals surface area contributed by atoms with Gasteiger partial charge in [-0.3, -0.25) is 14.5 Å². The highest BCUT2D eigenvalue weighted by atomic mass is 35.5. The van der Waals surface area contributed by atoms with E-state index in [1.54, 1.807) is 18.3 Å². The van der Waals surface area contributed by atoms with Gasteiger partial charge in [-0.15, -0.1) is 0 Å². The van der Waals surface area contributed by atoms with Gasteiger partial charge in [-0.05, 0) is 51.1 Å². The number of pyridine rings is 1. The number of rotatable bonds is 3. The first-order chi connectivity index (χ1) is 12.2. The molecular weight excluding hydrogens is 361 g/mol. The second-order valence-electron chi connectivity index (χ2n) is 6.31. The molecule has 1 atom stereocenters. The number of hydrogen-bond acceptors (Lipinski definition) is 4. The van der Waals surface area contributed by atoms with Crippen LogP contribution >= 0.6 is 11.6 Å². The van der Waals surface area contributed by atoms with Crippen LogP contribution in [-0.4, -0.2) is 28.4 Å². The molecule has 0 radical (unpaired) electrons. The van der Waals surface area contributed by atoms with E-state index in [4.69, 9.17) is 16.3 Å². The van der Waals surface area contributed by atoms with E-state index in [1.807, 2.05) is 13.8 Å². The minimum atomic E-state index is -1.80. The summed E-state index contributed by atoms with van der Waals surface area (Å²) in [5, 5.41) is 2.42. The number of nitrogens with zero attached hydrogens (tertiary/aromatic N) is 2. The van der Waals surface area contributed by atoms with Gasteiger partial charge >= 0.3 is 0 Å². The van der Waals surface area contributed by atoms with Gasteiger partial charge < -0.3 is 10.1 Å². The predicted molar refractivity (Wildman–Crippen MR) is 95.9 cm³/mol. The summed E-state index contributed by atoms with van der Waals surface area (Å²) < 4.78 is 19.0. The maximum absolute atomic E-state index is 13.3. The summed E-state index contributed by atoms with van der Waals surface area (Å²) in [4.78, 5) is 31.5. The first-order valence-corrected chi connectivity index (χ1v) is 8.36. The van der Waals surface area contributed by atoms with Crippen molar-refractivity contribution < 1.29 is 18.7 Å². The molecule has 0 bridgehead atoms. The number of anilines is 2. The second-order valence-corrected chi connectivity index (χ2v) is 6.72. The van der Waals surface area contributed by atoms with E-state index < -0.39 is 23.2 Å². The van der Waals surface area contributed by atoms with Crippen LogP contribution in [-0.2, 0) is 9.59 Å². The molecule has 0 saturated carbocycles. The number of nitrogens with one attached hydrogen (secondary N) is 1. The van der Waals surface area contributed by atoms with Crippen molar-refractivity contribution in [3.05, 3.63) is 47.4 Å². The van der Waals surface area contributed by atoms with Gasteiger partial charge in [-0.1, -0.05) is 11.6 Å². The smallest absolute Gasteiger partial charge is 0.282 e. The highest BCUT2D eigenvalue weighted by Crippen LogP contribution is 2.37. The summed E-state index contributed by atoms with van der Waals surface area (Å²) in [6, 6.07) is 6.82. The molecule has 136 valence electrons. The van der Waals surface area contributed by atoms with Crippen molar-refractivity contribution in [2.45, 2.75) is 32.4 Å². The van der Waals surface area contributed by atoms with Gasteiger partial charge in [0.2, 0.25) is 0 Å². The Bertz CT molecular complexity index is 890. The molecule has 26 heavy (non-hydrogen) atoms. The maximum atomic E-state index is 13.3. The molecule has 0 fully saturated rings. The molecule has 1 aromatic heterocycles. The molecule has 6 nitrogen and oxygen atoms in total. The molecule has 0 spiro atoms. The number of ether oxygens (including phenoxy) is 1. The fourth-order valence-electron chi connectivity index (χ4n) is 2.68. The quantitative estimate of drug-likeness (QED) is 0.832. The minimum Gasteiger partial charge on any atom is -0.464 e. The number of aromatic nitrogens is 1. The Hall–Kier alpha value is -2.67. The minimum absolute atomic E-state index is 0.137. The third-order valence-electron chi connectivity index (χ3n) is 4.05. The fraction of sp³-hybridized carbons (Fsp3) is 0.278. The number of amides is 2. The Morgan fingerprint density at radius 3 is 2.77 bits per heavy atom. The lowest BCUT2D eigenvalue weighted by Gasteiger charge is -2.40. The van der Waals surface area contributed by atoms with Gasteiger partial charge in [0.1, 0.15) is 5.82 Å². The molecule has 2 heterocycles.